The molecule has 0 spiro atoms. The number of benzene rings is 1. The first-order valence-electron chi connectivity index (χ1n) is 4.23. The molecule has 1 aromatic carbocycles. The van der Waals surface area contributed by atoms with E-state index in [4.69, 9.17) is 11.6 Å². The molecule has 1 rings (SSSR count). The normalized spacial score (nSPS) is 11.1. The maximum Gasteiger partial charge on any atom is 0.417 e. The van der Waals surface area contributed by atoms with E-state index in [1.807, 2.05) is 0 Å². The van der Waals surface area contributed by atoms with Crippen LogP contribution in [0.15, 0.2) is 12.1 Å². The first-order valence-corrected chi connectivity index (χ1v) is 4.61. The third kappa shape index (κ3) is 2.65. The minimum Gasteiger partial charge on any atom is -0.298 e. The van der Waals surface area contributed by atoms with Crippen LogP contribution in [0, 0.1) is 10.1 Å². The highest BCUT2D eigenvalue weighted by molar-refractivity contribution is 6.68. The van der Waals surface area contributed by atoms with Crippen molar-refractivity contribution in [2.45, 2.75) is 6.18 Å². The lowest BCUT2D eigenvalue weighted by Gasteiger charge is -2.11. The zero-order valence-electron chi connectivity index (χ0n) is 8.32. The van der Waals surface area contributed by atoms with Crippen molar-refractivity contribution < 1.29 is 27.7 Å². The molecule has 0 amide bonds. The van der Waals surface area contributed by atoms with Gasteiger partial charge in [-0.25, -0.2) is 0 Å². The van der Waals surface area contributed by atoms with Crippen molar-refractivity contribution in [3.05, 3.63) is 38.9 Å². The van der Waals surface area contributed by atoms with Gasteiger partial charge in [0.1, 0.15) is 0 Å². The van der Waals surface area contributed by atoms with Crippen molar-refractivity contribution >= 4 is 28.8 Å². The van der Waals surface area contributed by atoms with E-state index in [0.29, 0.717) is 6.07 Å². The second-order valence-corrected chi connectivity index (χ2v) is 3.44. The maximum atomic E-state index is 12.6. The summed E-state index contributed by atoms with van der Waals surface area (Å²) in [6.45, 7) is 0. The topological polar surface area (TPSA) is 77.3 Å². The van der Waals surface area contributed by atoms with Crippen molar-refractivity contribution in [1.82, 2.24) is 0 Å². The van der Waals surface area contributed by atoms with Gasteiger partial charge >= 0.3 is 6.18 Å². The van der Waals surface area contributed by atoms with Gasteiger partial charge in [-0.3, -0.25) is 19.7 Å². The third-order valence-electron chi connectivity index (χ3n) is 2.01. The average molecular weight is 282 g/mol. The molecule has 96 valence electrons. The fourth-order valence-corrected chi connectivity index (χ4v) is 1.42. The quantitative estimate of drug-likeness (QED) is 0.369. The Morgan fingerprint density at radius 2 is 1.94 bits per heavy atom. The number of nitro benzene ring substituents is 1. The highest BCUT2D eigenvalue weighted by Gasteiger charge is 2.37. The summed E-state index contributed by atoms with van der Waals surface area (Å²) >= 11 is 5.00. The van der Waals surface area contributed by atoms with Crippen LogP contribution in [-0.2, 0) is 6.18 Å². The number of alkyl halides is 3. The lowest BCUT2D eigenvalue weighted by molar-refractivity contribution is -0.385. The summed E-state index contributed by atoms with van der Waals surface area (Å²) in [6, 6.07) is 0.696. The molecule has 0 saturated carbocycles. The van der Waals surface area contributed by atoms with Crippen molar-refractivity contribution in [2.75, 3.05) is 0 Å². The van der Waals surface area contributed by atoms with Crippen LogP contribution in [0.2, 0.25) is 0 Å². The van der Waals surface area contributed by atoms with E-state index in [1.165, 1.54) is 0 Å². The first-order chi connectivity index (χ1) is 8.18. The van der Waals surface area contributed by atoms with Crippen LogP contribution in [0.3, 0.4) is 0 Å². The zero-order valence-corrected chi connectivity index (χ0v) is 9.08. The SMILES string of the molecule is O=Cc1c(C(=O)Cl)cc([N+](=O)[O-])cc1C(F)(F)F. The van der Waals surface area contributed by atoms with Crippen LogP contribution in [0.4, 0.5) is 18.9 Å². The minimum absolute atomic E-state index is 0.174. The summed E-state index contributed by atoms with van der Waals surface area (Å²) in [4.78, 5) is 30.8. The fourth-order valence-electron chi connectivity index (χ4n) is 1.27. The summed E-state index contributed by atoms with van der Waals surface area (Å²) in [6.07, 6.45) is -5.23. The Labute approximate surface area is 102 Å². The lowest BCUT2D eigenvalue weighted by Crippen LogP contribution is -2.13. The molecule has 0 unspecified atom stereocenters. The minimum atomic E-state index is -5.01. The number of halogens is 4. The van der Waals surface area contributed by atoms with E-state index < -0.39 is 38.7 Å². The number of non-ortho nitro benzene ring substituents is 1. The molecule has 0 aliphatic rings. The number of nitro groups is 1. The molecule has 1 aromatic rings. The number of carbonyl (C=O) groups is 2. The molecule has 0 N–H and O–H groups in total. The van der Waals surface area contributed by atoms with E-state index >= 15 is 0 Å². The summed E-state index contributed by atoms with van der Waals surface area (Å²) in [5.74, 6) is 0. The van der Waals surface area contributed by atoms with Crippen LogP contribution < -0.4 is 0 Å². The Balaban J connectivity index is 3.72. The molecule has 0 saturated heterocycles. The Morgan fingerprint density at radius 3 is 2.28 bits per heavy atom. The van der Waals surface area contributed by atoms with Gasteiger partial charge < -0.3 is 0 Å². The number of carbonyl (C=O) groups excluding carboxylic acids is 2. The lowest BCUT2D eigenvalue weighted by atomic mass is 10.0. The van der Waals surface area contributed by atoms with E-state index in [0.717, 1.165) is 0 Å². The number of rotatable bonds is 3. The van der Waals surface area contributed by atoms with E-state index in [1.54, 1.807) is 0 Å². The Hall–Kier alpha value is -1.96. The van der Waals surface area contributed by atoms with Crippen LogP contribution in [0.5, 0.6) is 0 Å². The molecule has 0 heterocycles. The van der Waals surface area contributed by atoms with Gasteiger partial charge in [0.2, 0.25) is 0 Å². The third-order valence-corrected chi connectivity index (χ3v) is 2.21. The largest absolute Gasteiger partial charge is 0.417 e. The Bertz CT molecular complexity index is 541. The Morgan fingerprint density at radius 1 is 1.39 bits per heavy atom. The number of nitrogens with zero attached hydrogens (tertiary/aromatic N) is 1. The monoisotopic (exact) mass is 281 g/mol. The first kappa shape index (κ1) is 14.1. The Kier molecular flexibility index (Phi) is 3.70. The summed E-state index contributed by atoms with van der Waals surface area (Å²) in [5.41, 5.74) is -4.42. The van der Waals surface area contributed by atoms with Gasteiger partial charge in [0.05, 0.1) is 16.1 Å². The van der Waals surface area contributed by atoms with Crippen molar-refractivity contribution in [3.63, 3.8) is 0 Å². The number of aldehydes is 1. The van der Waals surface area contributed by atoms with Crippen molar-refractivity contribution in [3.8, 4) is 0 Å². The molecule has 5 nitrogen and oxygen atoms in total. The van der Waals surface area contributed by atoms with Crippen LogP contribution in [-0.4, -0.2) is 16.5 Å². The fraction of sp³-hybridized carbons (Fsp3) is 0.111. The highest BCUT2D eigenvalue weighted by Crippen LogP contribution is 2.35. The van der Waals surface area contributed by atoms with Crippen LogP contribution in [0.1, 0.15) is 26.3 Å². The standard InChI is InChI=1S/C9H3ClF3NO4/c10-8(16)5-1-4(14(17)18)2-7(6(5)3-15)9(11,12)13/h1-3H. The van der Waals surface area contributed by atoms with Crippen molar-refractivity contribution in [2.24, 2.45) is 0 Å². The average Bonchev–Trinajstić information content (AvgIpc) is 2.25. The van der Waals surface area contributed by atoms with Gasteiger partial charge in [-0.15, -0.1) is 0 Å². The molecule has 0 bridgehead atoms. The van der Waals surface area contributed by atoms with Gasteiger partial charge in [-0.1, -0.05) is 0 Å². The smallest absolute Gasteiger partial charge is 0.298 e. The summed E-state index contributed by atoms with van der Waals surface area (Å²) in [5, 5.41) is 9.07. The van der Waals surface area contributed by atoms with Crippen LogP contribution >= 0.6 is 11.6 Å². The van der Waals surface area contributed by atoms with Gasteiger partial charge in [-0.2, -0.15) is 13.2 Å². The van der Waals surface area contributed by atoms with Crippen molar-refractivity contribution in [1.29, 1.82) is 0 Å². The predicted molar refractivity (Wildman–Crippen MR) is 53.7 cm³/mol. The molecule has 9 heteroatoms. The molecule has 0 aliphatic carbocycles. The second kappa shape index (κ2) is 4.73. The summed E-state index contributed by atoms with van der Waals surface area (Å²) in [7, 11) is 0. The predicted octanol–water partition coefficient (Wildman–Crippen LogP) is 2.81. The highest BCUT2D eigenvalue weighted by atomic mass is 35.5. The molecule has 0 radical (unpaired) electrons. The molecule has 0 atom stereocenters. The summed E-state index contributed by atoms with van der Waals surface area (Å²) < 4.78 is 37.8. The van der Waals surface area contributed by atoms with E-state index in [-0.39, 0.29) is 12.4 Å². The van der Waals surface area contributed by atoms with Gasteiger partial charge in [0, 0.05) is 17.7 Å². The maximum absolute atomic E-state index is 12.6. The van der Waals surface area contributed by atoms with E-state index in [9.17, 15) is 32.9 Å². The van der Waals surface area contributed by atoms with Crippen LogP contribution in [0.25, 0.3) is 0 Å². The molecule has 0 aromatic heterocycles. The molecule has 18 heavy (non-hydrogen) atoms. The molecule has 0 fully saturated rings. The number of hydrogen-bond donors (Lipinski definition) is 0. The zero-order chi connectivity index (χ0) is 14.1. The molecular formula is C9H3ClF3NO4. The second-order valence-electron chi connectivity index (χ2n) is 3.10. The molecular weight excluding hydrogens is 279 g/mol. The van der Waals surface area contributed by atoms with Gasteiger partial charge in [-0.05, 0) is 11.6 Å². The van der Waals surface area contributed by atoms with Gasteiger partial charge in [0.15, 0.2) is 6.29 Å². The molecule has 0 aliphatic heterocycles. The number of hydrogen-bond acceptors (Lipinski definition) is 4. The van der Waals surface area contributed by atoms with E-state index in [2.05, 4.69) is 0 Å². The van der Waals surface area contributed by atoms with Gasteiger partial charge in [0.25, 0.3) is 10.9 Å².